The number of hydrogen-bond donors (Lipinski definition) is 1. The Morgan fingerprint density at radius 3 is 2.77 bits per heavy atom. The molecule has 140 valence electrons. The predicted molar refractivity (Wildman–Crippen MR) is 92.8 cm³/mol. The Bertz CT molecular complexity index is 662. The Balaban J connectivity index is 1.39. The smallest absolute Gasteiger partial charge is 0.228 e. The lowest BCUT2D eigenvalue weighted by Gasteiger charge is -2.41. The van der Waals surface area contributed by atoms with Crippen molar-refractivity contribution in [1.29, 1.82) is 0 Å². The minimum absolute atomic E-state index is 0.0637. The molecule has 0 aromatic carbocycles. The number of likely N-dealkylation sites (tertiary alicyclic amines) is 1. The number of pyridine rings is 1. The highest BCUT2D eigenvalue weighted by Crippen LogP contribution is 2.32. The summed E-state index contributed by atoms with van der Waals surface area (Å²) in [6.07, 6.45) is 4.66. The zero-order valence-electron chi connectivity index (χ0n) is 14.8. The maximum atomic E-state index is 13.0. The fourth-order valence-electron chi connectivity index (χ4n) is 4.14. The van der Waals surface area contributed by atoms with Crippen LogP contribution >= 0.6 is 0 Å². The maximum Gasteiger partial charge on any atom is 0.228 e. The summed E-state index contributed by atoms with van der Waals surface area (Å²) in [5.41, 5.74) is 1.06. The van der Waals surface area contributed by atoms with E-state index in [0.29, 0.717) is 52.0 Å². The third-order valence-electron chi connectivity index (χ3n) is 5.78. The van der Waals surface area contributed by atoms with Crippen molar-refractivity contribution in [2.45, 2.75) is 38.0 Å². The van der Waals surface area contributed by atoms with Crippen molar-refractivity contribution >= 4 is 11.8 Å². The van der Waals surface area contributed by atoms with Gasteiger partial charge in [-0.05, 0) is 37.0 Å². The first kappa shape index (κ1) is 17.4. The Morgan fingerprint density at radius 1 is 1.27 bits per heavy atom. The minimum Gasteiger partial charge on any atom is -0.393 e. The van der Waals surface area contributed by atoms with Gasteiger partial charge in [0.2, 0.25) is 11.8 Å². The number of aromatic nitrogens is 1. The van der Waals surface area contributed by atoms with E-state index < -0.39 is 0 Å². The van der Waals surface area contributed by atoms with Crippen LogP contribution in [0, 0.1) is 11.8 Å². The molecule has 7 heteroatoms. The van der Waals surface area contributed by atoms with Crippen molar-refractivity contribution in [3.8, 4) is 0 Å². The SMILES string of the molecule is O=C(C1CC(O)C1)N1CC[C@H]2C(=O)N(Cc3ccncc3)CCO[C@H]2C1. The first-order chi connectivity index (χ1) is 12.6. The number of carbonyl (C=O) groups is 2. The van der Waals surface area contributed by atoms with Gasteiger partial charge in [0, 0.05) is 44.5 Å². The lowest BCUT2D eigenvalue weighted by Crippen LogP contribution is -2.53. The Labute approximate surface area is 152 Å². The third-order valence-corrected chi connectivity index (χ3v) is 5.78. The van der Waals surface area contributed by atoms with Gasteiger partial charge in [-0.1, -0.05) is 0 Å². The van der Waals surface area contributed by atoms with Crippen LogP contribution in [0.25, 0.3) is 0 Å². The van der Waals surface area contributed by atoms with Gasteiger partial charge in [0.1, 0.15) is 0 Å². The standard InChI is InChI=1S/C19H25N3O4/c23-15-9-14(10-15)18(24)21-6-3-16-17(12-21)26-8-7-22(19(16)25)11-13-1-4-20-5-2-13/h1-2,4-5,14-17,23H,3,6-12H2/t14?,15?,16-,17+/m1/s1. The van der Waals surface area contributed by atoms with Crippen molar-refractivity contribution in [1.82, 2.24) is 14.8 Å². The van der Waals surface area contributed by atoms with Crippen molar-refractivity contribution in [2.24, 2.45) is 11.8 Å². The van der Waals surface area contributed by atoms with Crippen LogP contribution in [0.5, 0.6) is 0 Å². The largest absolute Gasteiger partial charge is 0.393 e. The van der Waals surface area contributed by atoms with Gasteiger partial charge in [0.15, 0.2) is 0 Å². The first-order valence-corrected chi connectivity index (χ1v) is 9.38. The molecule has 0 unspecified atom stereocenters. The number of carbonyl (C=O) groups excluding carboxylic acids is 2. The van der Waals surface area contributed by atoms with Gasteiger partial charge in [0.25, 0.3) is 0 Å². The number of piperidine rings is 1. The molecular formula is C19H25N3O4. The van der Waals surface area contributed by atoms with Gasteiger partial charge in [-0.15, -0.1) is 0 Å². The van der Waals surface area contributed by atoms with E-state index in [1.807, 2.05) is 21.9 Å². The molecule has 2 saturated heterocycles. The van der Waals surface area contributed by atoms with Gasteiger partial charge < -0.3 is 19.6 Å². The lowest BCUT2D eigenvalue weighted by molar-refractivity contribution is -0.151. The molecule has 2 amide bonds. The molecule has 1 aliphatic carbocycles. The number of ether oxygens (including phenoxy) is 1. The summed E-state index contributed by atoms with van der Waals surface area (Å²) in [4.78, 5) is 33.2. The van der Waals surface area contributed by atoms with Crippen LogP contribution in [0.1, 0.15) is 24.8 Å². The van der Waals surface area contributed by atoms with E-state index in [9.17, 15) is 14.7 Å². The highest BCUT2D eigenvalue weighted by atomic mass is 16.5. The van der Waals surface area contributed by atoms with Gasteiger partial charge in [-0.2, -0.15) is 0 Å². The summed E-state index contributed by atoms with van der Waals surface area (Å²) in [5, 5.41) is 9.43. The third kappa shape index (κ3) is 3.46. The summed E-state index contributed by atoms with van der Waals surface area (Å²) >= 11 is 0. The number of nitrogens with zero attached hydrogens (tertiary/aromatic N) is 3. The van der Waals surface area contributed by atoms with Crippen molar-refractivity contribution in [3.05, 3.63) is 30.1 Å². The van der Waals surface area contributed by atoms with Crippen LogP contribution < -0.4 is 0 Å². The normalized spacial score (nSPS) is 31.8. The minimum atomic E-state index is -0.334. The molecular weight excluding hydrogens is 334 g/mol. The molecule has 2 atom stereocenters. The fourth-order valence-corrected chi connectivity index (χ4v) is 4.14. The number of hydrogen-bond acceptors (Lipinski definition) is 5. The molecule has 3 aliphatic rings. The number of rotatable bonds is 3. The van der Waals surface area contributed by atoms with E-state index >= 15 is 0 Å². The summed E-state index contributed by atoms with van der Waals surface area (Å²) in [6, 6.07) is 3.84. The molecule has 0 bridgehead atoms. The van der Waals surface area contributed by atoms with Crippen LogP contribution in [0.2, 0.25) is 0 Å². The Kier molecular flexibility index (Phi) is 4.91. The van der Waals surface area contributed by atoms with Crippen LogP contribution in [0.4, 0.5) is 0 Å². The average molecular weight is 359 g/mol. The summed E-state index contributed by atoms with van der Waals surface area (Å²) < 4.78 is 5.96. The van der Waals surface area contributed by atoms with Crippen molar-refractivity contribution in [2.75, 3.05) is 26.2 Å². The van der Waals surface area contributed by atoms with E-state index in [2.05, 4.69) is 4.98 Å². The summed E-state index contributed by atoms with van der Waals surface area (Å²) in [6.45, 7) is 2.69. The molecule has 1 saturated carbocycles. The molecule has 26 heavy (non-hydrogen) atoms. The highest BCUT2D eigenvalue weighted by molar-refractivity contribution is 5.82. The molecule has 1 aromatic rings. The zero-order valence-corrected chi connectivity index (χ0v) is 14.8. The molecule has 7 nitrogen and oxygen atoms in total. The second-order valence-electron chi connectivity index (χ2n) is 7.53. The number of fused-ring (bicyclic) bond motifs is 1. The molecule has 1 aromatic heterocycles. The zero-order chi connectivity index (χ0) is 18.1. The molecule has 0 radical (unpaired) electrons. The molecule has 1 N–H and O–H groups in total. The molecule has 2 aliphatic heterocycles. The number of aliphatic hydroxyl groups excluding tert-OH is 1. The van der Waals surface area contributed by atoms with Crippen molar-refractivity contribution in [3.63, 3.8) is 0 Å². The van der Waals surface area contributed by atoms with Crippen LogP contribution in [0.15, 0.2) is 24.5 Å². The Morgan fingerprint density at radius 2 is 2.04 bits per heavy atom. The van der Waals surface area contributed by atoms with Crippen molar-refractivity contribution < 1.29 is 19.4 Å². The monoisotopic (exact) mass is 359 g/mol. The second-order valence-corrected chi connectivity index (χ2v) is 7.53. The predicted octanol–water partition coefficient (Wildman–Crippen LogP) is 0.428. The van der Waals surface area contributed by atoms with Gasteiger partial charge in [-0.3, -0.25) is 14.6 Å². The quantitative estimate of drug-likeness (QED) is 0.846. The number of aliphatic hydroxyl groups is 1. The van der Waals surface area contributed by atoms with Gasteiger partial charge in [-0.25, -0.2) is 0 Å². The van der Waals surface area contributed by atoms with E-state index in [0.717, 1.165) is 5.56 Å². The molecule has 3 heterocycles. The van der Waals surface area contributed by atoms with E-state index in [1.54, 1.807) is 12.4 Å². The fraction of sp³-hybridized carbons (Fsp3) is 0.632. The van der Waals surface area contributed by atoms with E-state index in [1.165, 1.54) is 0 Å². The maximum absolute atomic E-state index is 13.0. The van der Waals surface area contributed by atoms with Crippen LogP contribution in [0.3, 0.4) is 0 Å². The second kappa shape index (κ2) is 7.32. The van der Waals surface area contributed by atoms with Crippen LogP contribution in [-0.2, 0) is 20.9 Å². The molecule has 4 rings (SSSR count). The molecule has 0 spiro atoms. The number of amides is 2. The summed E-state index contributed by atoms with van der Waals surface area (Å²) in [5.74, 6) is -0.0280. The Hall–Kier alpha value is -1.99. The average Bonchev–Trinajstić information content (AvgIpc) is 2.78. The first-order valence-electron chi connectivity index (χ1n) is 9.38. The van der Waals surface area contributed by atoms with E-state index in [4.69, 9.17) is 4.74 Å². The molecule has 3 fully saturated rings. The lowest BCUT2D eigenvalue weighted by atomic mass is 9.80. The van der Waals surface area contributed by atoms with E-state index in [-0.39, 0.29) is 35.9 Å². The van der Waals surface area contributed by atoms with Gasteiger partial charge >= 0.3 is 0 Å². The topological polar surface area (TPSA) is 83.0 Å². The summed E-state index contributed by atoms with van der Waals surface area (Å²) in [7, 11) is 0. The van der Waals surface area contributed by atoms with Crippen LogP contribution in [-0.4, -0.2) is 70.2 Å². The van der Waals surface area contributed by atoms with Gasteiger partial charge in [0.05, 0.1) is 24.7 Å². The highest BCUT2D eigenvalue weighted by Gasteiger charge is 2.43.